The summed E-state index contributed by atoms with van der Waals surface area (Å²) in [6.45, 7) is -0.679. The summed E-state index contributed by atoms with van der Waals surface area (Å²) in [6.07, 6.45) is 0. The van der Waals surface area contributed by atoms with Gasteiger partial charge in [0.2, 0.25) is 5.95 Å². The van der Waals surface area contributed by atoms with Crippen molar-refractivity contribution in [1.29, 1.82) is 0 Å². The van der Waals surface area contributed by atoms with Gasteiger partial charge in [0.25, 0.3) is 0 Å². The quantitative estimate of drug-likeness (QED) is 0.186. The minimum absolute atomic E-state index is 0.0325. The Morgan fingerprint density at radius 3 is 2.22 bits per heavy atom. The van der Waals surface area contributed by atoms with E-state index in [1.807, 2.05) is 24.3 Å². The lowest BCUT2D eigenvalue weighted by Crippen LogP contribution is -2.42. The van der Waals surface area contributed by atoms with Crippen molar-refractivity contribution in [3.8, 4) is 22.4 Å². The second kappa shape index (κ2) is 10.2. The number of nitrogens with zero attached hydrogens (tertiary/aromatic N) is 3. The Kier molecular flexibility index (Phi) is 4.77. The first-order valence-corrected chi connectivity index (χ1v) is 17.2. The van der Waals surface area contributed by atoms with Crippen LogP contribution in [0.4, 0.5) is 11.6 Å². The standard InChI is InChI=1S/C45H33N3S/c1-26-21-23-29(27(2)25-26)41-33-17-9-11-19-36(33)46-44(47-41)48-42-40(39-30-14-6-5-13-28(30)22-24-35(39)45(48,3)4)32-16-8-7-15-31(32)38-34-18-10-12-20-37(34)49-43(38)42/h5-25H,1-4H3/i1D3,2D3. The summed E-state index contributed by atoms with van der Waals surface area (Å²) in [4.78, 5) is 12.9. The molecule has 0 aliphatic carbocycles. The smallest absolute Gasteiger partial charge is 0.231 e. The van der Waals surface area contributed by atoms with Gasteiger partial charge in [-0.25, -0.2) is 9.97 Å². The number of fused-ring (bicyclic) bond motifs is 13. The van der Waals surface area contributed by atoms with Gasteiger partial charge in [-0.1, -0.05) is 121 Å². The molecule has 0 radical (unpaired) electrons. The van der Waals surface area contributed by atoms with Crippen LogP contribution in [0.5, 0.6) is 0 Å². The first-order valence-electron chi connectivity index (χ1n) is 19.4. The van der Waals surface area contributed by atoms with E-state index in [4.69, 9.17) is 18.2 Å². The van der Waals surface area contributed by atoms with Crippen LogP contribution in [0, 0.1) is 13.7 Å². The molecule has 7 aromatic carbocycles. The van der Waals surface area contributed by atoms with Gasteiger partial charge in [0.15, 0.2) is 0 Å². The molecule has 0 saturated carbocycles. The minimum Gasteiger partial charge on any atom is -0.299 e. The van der Waals surface area contributed by atoms with Crippen molar-refractivity contribution in [2.45, 2.75) is 33.1 Å². The number of aromatic nitrogens is 2. The summed E-state index contributed by atoms with van der Waals surface area (Å²) in [5.41, 5.74) is 5.02. The van der Waals surface area contributed by atoms with E-state index in [0.717, 1.165) is 37.7 Å². The van der Waals surface area contributed by atoms with Crippen LogP contribution in [-0.4, -0.2) is 9.97 Å². The Balaban J connectivity index is 1.38. The molecule has 1 aliphatic heterocycles. The van der Waals surface area contributed by atoms with Crippen LogP contribution in [0.15, 0.2) is 127 Å². The summed E-state index contributed by atoms with van der Waals surface area (Å²) >= 11 is 1.76. The normalized spacial score (nSPS) is 16.2. The molecule has 3 heterocycles. The molecule has 234 valence electrons. The zero-order valence-corrected chi connectivity index (χ0v) is 27.7. The fourth-order valence-corrected chi connectivity index (χ4v) is 9.29. The summed E-state index contributed by atoms with van der Waals surface area (Å²) in [5, 5.41) is 7.63. The van der Waals surface area contributed by atoms with Crippen molar-refractivity contribution in [2.24, 2.45) is 0 Å². The number of thiophene rings is 1. The Hall–Kier alpha value is -5.58. The average molecular weight is 654 g/mol. The Morgan fingerprint density at radius 2 is 1.39 bits per heavy atom. The maximum absolute atomic E-state index is 8.55. The van der Waals surface area contributed by atoms with E-state index in [9.17, 15) is 0 Å². The molecular formula is C45H33N3S. The maximum Gasteiger partial charge on any atom is 0.231 e. The molecule has 0 atom stereocenters. The van der Waals surface area contributed by atoms with Crippen LogP contribution < -0.4 is 4.90 Å². The molecule has 0 amide bonds. The third-order valence-electron chi connectivity index (χ3n) is 10.2. The fourth-order valence-electron chi connectivity index (χ4n) is 8.03. The highest BCUT2D eigenvalue weighted by Crippen LogP contribution is 2.59. The van der Waals surface area contributed by atoms with Crippen molar-refractivity contribution in [3.63, 3.8) is 0 Å². The number of hydrogen-bond donors (Lipinski definition) is 0. The van der Waals surface area contributed by atoms with Crippen LogP contribution in [-0.2, 0) is 5.54 Å². The monoisotopic (exact) mass is 653 g/mol. The second-order valence-corrected chi connectivity index (χ2v) is 14.4. The molecule has 0 saturated heterocycles. The van der Waals surface area contributed by atoms with Crippen LogP contribution in [0.25, 0.3) is 75.0 Å². The highest BCUT2D eigenvalue weighted by Gasteiger charge is 2.43. The average Bonchev–Trinajstić information content (AvgIpc) is 3.56. The van der Waals surface area contributed by atoms with Gasteiger partial charge in [-0.2, -0.15) is 0 Å². The van der Waals surface area contributed by atoms with Gasteiger partial charge in [-0.05, 0) is 77.9 Å². The first kappa shape index (κ1) is 22.9. The van der Waals surface area contributed by atoms with Gasteiger partial charge in [0.1, 0.15) is 0 Å². The van der Waals surface area contributed by atoms with E-state index in [1.165, 1.54) is 38.6 Å². The van der Waals surface area contributed by atoms with Crippen LogP contribution >= 0.6 is 11.3 Å². The Bertz CT molecular complexity index is 3070. The summed E-state index contributed by atoms with van der Waals surface area (Å²) in [6, 6.07) is 42.1. The van der Waals surface area contributed by atoms with E-state index in [0.29, 0.717) is 28.1 Å². The lowest BCUT2D eigenvalue weighted by molar-refractivity contribution is 0.525. The van der Waals surface area contributed by atoms with Crippen molar-refractivity contribution in [3.05, 3.63) is 144 Å². The molecular weight excluding hydrogens is 615 g/mol. The van der Waals surface area contributed by atoms with Gasteiger partial charge >= 0.3 is 0 Å². The van der Waals surface area contributed by atoms with E-state index in [1.54, 1.807) is 17.4 Å². The largest absolute Gasteiger partial charge is 0.299 e. The van der Waals surface area contributed by atoms with Crippen LogP contribution in [0.3, 0.4) is 0 Å². The van der Waals surface area contributed by atoms with Gasteiger partial charge in [-0.3, -0.25) is 4.90 Å². The zero-order chi connectivity index (χ0) is 38.0. The van der Waals surface area contributed by atoms with E-state index < -0.39 is 19.2 Å². The summed E-state index contributed by atoms with van der Waals surface area (Å²) < 4.78 is 52.1. The van der Waals surface area contributed by atoms with Gasteiger partial charge in [-0.15, -0.1) is 11.3 Å². The molecule has 3 nitrogen and oxygen atoms in total. The van der Waals surface area contributed by atoms with Crippen LogP contribution in [0.1, 0.15) is 38.8 Å². The number of anilines is 2. The first-order chi connectivity index (χ1) is 26.3. The van der Waals surface area contributed by atoms with Gasteiger partial charge in [0.05, 0.1) is 27.1 Å². The summed E-state index contributed by atoms with van der Waals surface area (Å²) in [5.74, 6) is 0.421. The molecule has 0 fully saturated rings. The minimum atomic E-state index is -2.61. The molecule has 4 heteroatoms. The Morgan fingerprint density at radius 1 is 0.653 bits per heavy atom. The second-order valence-electron chi connectivity index (χ2n) is 13.3. The van der Waals surface area contributed by atoms with Gasteiger partial charge in [0, 0.05) is 40.2 Å². The molecule has 0 unspecified atom stereocenters. The molecule has 49 heavy (non-hydrogen) atoms. The van der Waals surface area contributed by atoms with E-state index in [-0.39, 0.29) is 11.1 Å². The summed E-state index contributed by atoms with van der Waals surface area (Å²) in [7, 11) is 0. The Labute approximate surface area is 297 Å². The van der Waals surface area contributed by atoms with E-state index >= 15 is 0 Å². The van der Waals surface area contributed by atoms with Crippen LogP contribution in [0.2, 0.25) is 0 Å². The maximum atomic E-state index is 8.55. The number of benzene rings is 7. The van der Waals surface area contributed by atoms with Crippen molar-refractivity contribution >= 4 is 75.6 Å². The number of aryl methyl sites for hydroxylation is 2. The molecule has 10 rings (SSSR count). The zero-order valence-electron chi connectivity index (χ0n) is 32.9. The fraction of sp³-hybridized carbons (Fsp3) is 0.111. The lowest BCUT2D eigenvalue weighted by atomic mass is 9.76. The van der Waals surface area contributed by atoms with E-state index in [2.05, 4.69) is 104 Å². The lowest BCUT2D eigenvalue weighted by Gasteiger charge is -2.46. The molecule has 9 aromatic rings. The SMILES string of the molecule is [2H]C([2H])([2H])c1ccc(-c2nc(N3c4c(c5ccccc5c5c4sc4ccccc45)-c4c(ccc5ccccc45)C3(C)C)nc3ccccc23)c(C([2H])([2H])[2H])c1. The number of hydrogen-bond acceptors (Lipinski definition) is 4. The third kappa shape index (κ3) is 3.95. The molecule has 0 bridgehead atoms. The van der Waals surface area contributed by atoms with Crippen molar-refractivity contribution in [2.75, 3.05) is 4.90 Å². The van der Waals surface area contributed by atoms with Crippen molar-refractivity contribution in [1.82, 2.24) is 9.97 Å². The number of rotatable bonds is 2. The highest BCUT2D eigenvalue weighted by atomic mass is 32.1. The highest BCUT2D eigenvalue weighted by molar-refractivity contribution is 7.26. The predicted octanol–water partition coefficient (Wildman–Crippen LogP) is 12.6. The number of para-hydroxylation sites is 1. The molecule has 0 N–H and O–H groups in total. The molecule has 1 aliphatic rings. The van der Waals surface area contributed by atoms with Gasteiger partial charge < -0.3 is 0 Å². The predicted molar refractivity (Wildman–Crippen MR) is 209 cm³/mol. The van der Waals surface area contributed by atoms with Crippen molar-refractivity contribution < 1.29 is 8.22 Å². The topological polar surface area (TPSA) is 29.0 Å². The molecule has 0 spiro atoms. The third-order valence-corrected chi connectivity index (χ3v) is 11.4. The molecule has 2 aromatic heterocycles.